The van der Waals surface area contributed by atoms with E-state index in [0.717, 1.165) is 5.56 Å². The summed E-state index contributed by atoms with van der Waals surface area (Å²) in [6.45, 7) is 6.03. The van der Waals surface area contributed by atoms with Gasteiger partial charge in [0.15, 0.2) is 6.79 Å². The number of benzene rings is 1. The Labute approximate surface area is 125 Å². The van der Waals surface area contributed by atoms with Crippen LogP contribution in [0, 0.1) is 0 Å². The summed E-state index contributed by atoms with van der Waals surface area (Å²) in [6, 6.07) is 7.34. The zero-order valence-corrected chi connectivity index (χ0v) is 12.5. The molecule has 5 heteroatoms. The third-order valence-corrected chi connectivity index (χ3v) is 2.46. The molecule has 1 rings (SSSR count). The van der Waals surface area contributed by atoms with E-state index in [4.69, 9.17) is 18.9 Å². The molecule has 0 N–H and O–H groups in total. The van der Waals surface area contributed by atoms with Crippen molar-refractivity contribution in [3.05, 3.63) is 35.9 Å². The van der Waals surface area contributed by atoms with E-state index >= 15 is 0 Å². The molecule has 0 aliphatic heterocycles. The molecule has 0 bridgehead atoms. The molecule has 0 aliphatic carbocycles. The maximum absolute atomic E-state index is 11.2. The largest absolute Gasteiger partial charge is 0.468 e. The smallest absolute Gasteiger partial charge is 0.330 e. The van der Waals surface area contributed by atoms with E-state index in [1.807, 2.05) is 31.2 Å². The second-order valence-corrected chi connectivity index (χ2v) is 4.02. The zero-order chi connectivity index (χ0) is 15.3. The summed E-state index contributed by atoms with van der Waals surface area (Å²) in [7, 11) is 0. The highest BCUT2D eigenvalue weighted by molar-refractivity contribution is 5.87. The molecular formula is C16H22O5. The van der Waals surface area contributed by atoms with Crippen LogP contribution >= 0.6 is 0 Å². The van der Waals surface area contributed by atoms with E-state index < -0.39 is 0 Å². The van der Waals surface area contributed by atoms with Crippen LogP contribution in [-0.4, -0.2) is 39.2 Å². The fourth-order valence-corrected chi connectivity index (χ4v) is 1.46. The molecule has 21 heavy (non-hydrogen) atoms. The monoisotopic (exact) mass is 294 g/mol. The van der Waals surface area contributed by atoms with Gasteiger partial charge in [-0.3, -0.25) is 0 Å². The Morgan fingerprint density at radius 2 is 1.76 bits per heavy atom. The minimum atomic E-state index is -0.347. The average Bonchev–Trinajstić information content (AvgIpc) is 2.50. The highest BCUT2D eigenvalue weighted by atomic mass is 16.7. The third kappa shape index (κ3) is 8.12. The van der Waals surface area contributed by atoms with Crippen LogP contribution in [0.5, 0.6) is 5.75 Å². The van der Waals surface area contributed by atoms with Crippen molar-refractivity contribution < 1.29 is 23.7 Å². The van der Waals surface area contributed by atoms with Gasteiger partial charge in [0.05, 0.1) is 19.8 Å². The zero-order valence-electron chi connectivity index (χ0n) is 12.5. The standard InChI is InChI=1S/C16H22O5/c1-3-18-11-12-19-13-21-15-8-5-14(6-9-15)7-10-16(17)20-4-2/h5-10H,3-4,11-13H2,1-2H3/b10-7+. The first kappa shape index (κ1) is 17.2. The van der Waals surface area contributed by atoms with Crippen LogP contribution in [0.1, 0.15) is 19.4 Å². The van der Waals surface area contributed by atoms with E-state index in [-0.39, 0.29) is 12.8 Å². The van der Waals surface area contributed by atoms with Crippen LogP contribution in [0.3, 0.4) is 0 Å². The molecule has 0 atom stereocenters. The predicted octanol–water partition coefficient (Wildman–Crippen LogP) is 2.65. The SMILES string of the molecule is CCOCCOCOc1ccc(/C=C/C(=O)OCC)cc1. The van der Waals surface area contributed by atoms with Crippen LogP contribution in [0.15, 0.2) is 30.3 Å². The Kier molecular flexibility index (Phi) is 8.91. The molecule has 0 saturated heterocycles. The molecule has 0 aromatic heterocycles. The first-order valence-corrected chi connectivity index (χ1v) is 6.99. The number of esters is 1. The Balaban J connectivity index is 2.28. The number of carbonyl (C=O) groups excluding carboxylic acids is 1. The fourth-order valence-electron chi connectivity index (χ4n) is 1.46. The molecule has 0 amide bonds. The lowest BCUT2D eigenvalue weighted by molar-refractivity contribution is -0.137. The fraction of sp³-hybridized carbons (Fsp3) is 0.438. The van der Waals surface area contributed by atoms with E-state index in [0.29, 0.717) is 32.2 Å². The van der Waals surface area contributed by atoms with Gasteiger partial charge >= 0.3 is 5.97 Å². The highest BCUT2D eigenvalue weighted by Crippen LogP contribution is 2.13. The number of carbonyl (C=O) groups is 1. The van der Waals surface area contributed by atoms with Crippen molar-refractivity contribution in [2.24, 2.45) is 0 Å². The molecule has 0 saturated carbocycles. The molecule has 1 aromatic carbocycles. The maximum Gasteiger partial charge on any atom is 0.330 e. The van der Waals surface area contributed by atoms with Gasteiger partial charge in [-0.25, -0.2) is 4.79 Å². The van der Waals surface area contributed by atoms with E-state index in [1.165, 1.54) is 6.08 Å². The van der Waals surface area contributed by atoms with Crippen LogP contribution in [0.25, 0.3) is 6.08 Å². The molecule has 1 aromatic rings. The Bertz CT molecular complexity index is 425. The van der Waals surface area contributed by atoms with Gasteiger partial charge in [-0.2, -0.15) is 0 Å². The predicted molar refractivity (Wildman–Crippen MR) is 80.0 cm³/mol. The van der Waals surface area contributed by atoms with Gasteiger partial charge in [0, 0.05) is 12.7 Å². The van der Waals surface area contributed by atoms with Crippen molar-refractivity contribution in [2.75, 3.05) is 33.2 Å². The Morgan fingerprint density at radius 1 is 1.05 bits per heavy atom. The normalized spacial score (nSPS) is 10.8. The summed E-state index contributed by atoms with van der Waals surface area (Å²) in [5.74, 6) is 0.361. The van der Waals surface area contributed by atoms with Crippen LogP contribution in [0.4, 0.5) is 0 Å². The summed E-state index contributed by atoms with van der Waals surface area (Å²) in [6.07, 6.45) is 3.09. The number of hydrogen-bond acceptors (Lipinski definition) is 5. The van der Waals surface area contributed by atoms with E-state index in [2.05, 4.69) is 0 Å². The van der Waals surface area contributed by atoms with Gasteiger partial charge in [-0.1, -0.05) is 12.1 Å². The number of hydrogen-bond donors (Lipinski definition) is 0. The average molecular weight is 294 g/mol. The molecule has 0 heterocycles. The lowest BCUT2D eigenvalue weighted by atomic mass is 10.2. The van der Waals surface area contributed by atoms with Gasteiger partial charge in [-0.15, -0.1) is 0 Å². The Hall–Kier alpha value is -1.85. The summed E-state index contributed by atoms with van der Waals surface area (Å²) >= 11 is 0. The van der Waals surface area contributed by atoms with Crippen molar-refractivity contribution in [2.45, 2.75) is 13.8 Å². The summed E-state index contributed by atoms with van der Waals surface area (Å²) in [4.78, 5) is 11.2. The van der Waals surface area contributed by atoms with Crippen LogP contribution < -0.4 is 4.74 Å². The van der Waals surface area contributed by atoms with Crippen molar-refractivity contribution >= 4 is 12.0 Å². The molecular weight excluding hydrogens is 272 g/mol. The summed E-state index contributed by atoms with van der Waals surface area (Å²) < 4.78 is 20.6. The molecule has 0 spiro atoms. The second kappa shape index (κ2) is 10.9. The van der Waals surface area contributed by atoms with Gasteiger partial charge < -0.3 is 18.9 Å². The highest BCUT2D eigenvalue weighted by Gasteiger charge is 1.96. The van der Waals surface area contributed by atoms with Gasteiger partial charge in [0.2, 0.25) is 0 Å². The second-order valence-electron chi connectivity index (χ2n) is 4.02. The van der Waals surface area contributed by atoms with Crippen LogP contribution in [-0.2, 0) is 19.0 Å². The third-order valence-electron chi connectivity index (χ3n) is 2.46. The number of rotatable bonds is 10. The Morgan fingerprint density at radius 3 is 2.43 bits per heavy atom. The van der Waals surface area contributed by atoms with Crippen molar-refractivity contribution in [1.82, 2.24) is 0 Å². The molecule has 0 aliphatic rings. The first-order valence-electron chi connectivity index (χ1n) is 6.99. The van der Waals surface area contributed by atoms with Gasteiger partial charge in [-0.05, 0) is 37.6 Å². The summed E-state index contributed by atoms with van der Waals surface area (Å²) in [5.41, 5.74) is 0.896. The lowest BCUT2D eigenvalue weighted by Gasteiger charge is -2.07. The van der Waals surface area contributed by atoms with Crippen molar-refractivity contribution in [1.29, 1.82) is 0 Å². The minimum Gasteiger partial charge on any atom is -0.468 e. The van der Waals surface area contributed by atoms with E-state index in [1.54, 1.807) is 13.0 Å². The van der Waals surface area contributed by atoms with E-state index in [9.17, 15) is 4.79 Å². The van der Waals surface area contributed by atoms with Crippen LogP contribution in [0.2, 0.25) is 0 Å². The molecule has 0 radical (unpaired) electrons. The maximum atomic E-state index is 11.2. The first-order chi connectivity index (χ1) is 10.3. The molecule has 116 valence electrons. The van der Waals surface area contributed by atoms with Crippen molar-refractivity contribution in [3.8, 4) is 5.75 Å². The van der Waals surface area contributed by atoms with Gasteiger partial charge in [0.25, 0.3) is 0 Å². The summed E-state index contributed by atoms with van der Waals surface area (Å²) in [5, 5.41) is 0. The molecule has 0 fully saturated rings. The lowest BCUT2D eigenvalue weighted by Crippen LogP contribution is -2.08. The number of ether oxygens (including phenoxy) is 4. The quantitative estimate of drug-likeness (QED) is 0.287. The minimum absolute atomic E-state index is 0.186. The molecule has 5 nitrogen and oxygen atoms in total. The topological polar surface area (TPSA) is 54.0 Å². The molecule has 0 unspecified atom stereocenters. The van der Waals surface area contributed by atoms with Crippen molar-refractivity contribution in [3.63, 3.8) is 0 Å². The van der Waals surface area contributed by atoms with Gasteiger partial charge in [0.1, 0.15) is 5.75 Å².